The van der Waals surface area contributed by atoms with Gasteiger partial charge in [0.15, 0.2) is 0 Å². The second-order valence-electron chi connectivity index (χ2n) is 8.86. The monoisotopic (exact) mass is 392 g/mol. The number of benzene rings is 1. The molecule has 4 rings (SSSR count). The zero-order chi connectivity index (χ0) is 21.0. The molecule has 1 fully saturated rings. The zero-order valence-corrected chi connectivity index (χ0v) is 17.1. The molecule has 0 unspecified atom stereocenters. The van der Waals surface area contributed by atoms with Crippen molar-refractivity contribution in [2.75, 3.05) is 11.1 Å². The van der Waals surface area contributed by atoms with Crippen LogP contribution < -0.4 is 22.5 Å². The number of rotatable bonds is 4. The average molecular weight is 393 g/mol. The van der Waals surface area contributed by atoms with Crippen LogP contribution in [-0.4, -0.2) is 27.1 Å². The van der Waals surface area contributed by atoms with Crippen LogP contribution in [0.1, 0.15) is 44.0 Å². The highest BCUT2D eigenvalue weighted by molar-refractivity contribution is 6.02. The molecule has 1 saturated carbocycles. The highest BCUT2D eigenvalue weighted by Gasteiger charge is 2.49. The van der Waals surface area contributed by atoms with E-state index >= 15 is 0 Å². The molecule has 29 heavy (non-hydrogen) atoms. The van der Waals surface area contributed by atoms with Crippen molar-refractivity contribution >= 4 is 22.8 Å². The van der Waals surface area contributed by atoms with Crippen LogP contribution in [0.2, 0.25) is 0 Å². The van der Waals surface area contributed by atoms with Crippen LogP contribution in [0.3, 0.4) is 0 Å². The number of nitrogens with zero attached hydrogens (tertiary/aromatic N) is 2. The van der Waals surface area contributed by atoms with Gasteiger partial charge in [0, 0.05) is 34.4 Å². The van der Waals surface area contributed by atoms with E-state index < -0.39 is 5.91 Å². The Balaban J connectivity index is 1.83. The van der Waals surface area contributed by atoms with Crippen LogP contribution in [0.15, 0.2) is 42.7 Å². The predicted octanol–water partition coefficient (Wildman–Crippen LogP) is 3.00. The Morgan fingerprint density at radius 1 is 1.24 bits per heavy atom. The lowest BCUT2D eigenvalue weighted by Gasteiger charge is -2.39. The SMILES string of the molecule is CC1(C)[C@H](Nc2c(C(N)=O)cnn3cc(-c4cccc(N)c4)cc23)CC[C@]1(C)N. The lowest BCUT2D eigenvalue weighted by Crippen LogP contribution is -2.51. The first-order valence-electron chi connectivity index (χ1n) is 9.83. The highest BCUT2D eigenvalue weighted by Crippen LogP contribution is 2.46. The molecule has 0 saturated heterocycles. The topological polar surface area (TPSA) is 124 Å². The summed E-state index contributed by atoms with van der Waals surface area (Å²) in [7, 11) is 0. The number of hydrogen-bond acceptors (Lipinski definition) is 5. The van der Waals surface area contributed by atoms with E-state index in [-0.39, 0.29) is 17.0 Å². The quantitative estimate of drug-likeness (QED) is 0.508. The van der Waals surface area contributed by atoms with Gasteiger partial charge >= 0.3 is 0 Å². The van der Waals surface area contributed by atoms with Crippen LogP contribution in [-0.2, 0) is 0 Å². The van der Waals surface area contributed by atoms with E-state index in [2.05, 4.69) is 31.2 Å². The van der Waals surface area contributed by atoms with Gasteiger partial charge in [-0.1, -0.05) is 26.0 Å². The first-order chi connectivity index (χ1) is 13.6. The van der Waals surface area contributed by atoms with Crippen LogP contribution >= 0.6 is 0 Å². The van der Waals surface area contributed by atoms with E-state index in [0.29, 0.717) is 16.9 Å². The Labute approximate surface area is 170 Å². The van der Waals surface area contributed by atoms with Crippen molar-refractivity contribution in [3.05, 3.63) is 48.3 Å². The molecule has 3 aromatic rings. The molecular formula is C22H28N6O. The Hall–Kier alpha value is -3.06. The summed E-state index contributed by atoms with van der Waals surface area (Å²) >= 11 is 0. The molecule has 1 amide bonds. The summed E-state index contributed by atoms with van der Waals surface area (Å²) in [5.74, 6) is -0.513. The number of amides is 1. The summed E-state index contributed by atoms with van der Waals surface area (Å²) in [5, 5.41) is 7.98. The second-order valence-corrected chi connectivity index (χ2v) is 8.86. The van der Waals surface area contributed by atoms with Gasteiger partial charge in [0.05, 0.1) is 23.0 Å². The zero-order valence-electron chi connectivity index (χ0n) is 17.1. The fourth-order valence-corrected chi connectivity index (χ4v) is 4.22. The molecule has 2 aromatic heterocycles. The maximum absolute atomic E-state index is 12.1. The smallest absolute Gasteiger partial charge is 0.252 e. The van der Waals surface area contributed by atoms with Gasteiger partial charge in [-0.2, -0.15) is 5.10 Å². The Morgan fingerprint density at radius 2 is 2.00 bits per heavy atom. The third kappa shape index (κ3) is 3.11. The summed E-state index contributed by atoms with van der Waals surface area (Å²) in [4.78, 5) is 12.1. The number of fused-ring (bicyclic) bond motifs is 1. The van der Waals surface area contributed by atoms with Crippen LogP contribution in [0, 0.1) is 5.41 Å². The minimum Gasteiger partial charge on any atom is -0.399 e. The second kappa shape index (κ2) is 6.49. The number of hydrogen-bond donors (Lipinski definition) is 4. The largest absolute Gasteiger partial charge is 0.399 e. The lowest BCUT2D eigenvalue weighted by molar-refractivity contribution is 0.100. The van der Waals surface area contributed by atoms with Crippen molar-refractivity contribution in [3.63, 3.8) is 0 Å². The molecule has 2 atom stereocenters. The molecule has 152 valence electrons. The van der Waals surface area contributed by atoms with Crippen molar-refractivity contribution in [2.45, 2.75) is 45.2 Å². The predicted molar refractivity (Wildman–Crippen MR) is 117 cm³/mol. The molecule has 1 aliphatic rings. The van der Waals surface area contributed by atoms with Crippen molar-refractivity contribution in [2.24, 2.45) is 16.9 Å². The van der Waals surface area contributed by atoms with E-state index in [0.717, 1.165) is 29.5 Å². The van der Waals surface area contributed by atoms with E-state index in [1.54, 1.807) is 4.52 Å². The van der Waals surface area contributed by atoms with Gasteiger partial charge in [-0.05, 0) is 43.5 Å². The minimum absolute atomic E-state index is 0.104. The van der Waals surface area contributed by atoms with Gasteiger partial charge in [0.2, 0.25) is 0 Å². The molecule has 0 aliphatic heterocycles. The molecule has 0 radical (unpaired) electrons. The normalized spacial score (nSPS) is 23.4. The first kappa shape index (κ1) is 19.3. The summed E-state index contributed by atoms with van der Waals surface area (Å²) in [6.45, 7) is 6.41. The summed E-state index contributed by atoms with van der Waals surface area (Å²) in [6.07, 6.45) is 5.26. The van der Waals surface area contributed by atoms with Crippen molar-refractivity contribution in [1.82, 2.24) is 9.61 Å². The number of primary amides is 1. The molecule has 0 bridgehead atoms. The standard InChI is InChI=1S/C22H28N6O/c1-21(2)18(7-8-22(21,3)25)27-19-16(20(24)29)11-26-28-12-14(10-17(19)28)13-5-4-6-15(23)9-13/h4-6,9-12,18,27H,7-8,23,25H2,1-3H3,(H2,24,29)/t18-,22+/m1/s1. The van der Waals surface area contributed by atoms with Crippen molar-refractivity contribution < 1.29 is 4.79 Å². The van der Waals surface area contributed by atoms with Gasteiger partial charge in [0.25, 0.3) is 5.91 Å². The third-order valence-electron chi connectivity index (χ3n) is 6.74. The van der Waals surface area contributed by atoms with Crippen molar-refractivity contribution in [3.8, 4) is 11.1 Å². The lowest BCUT2D eigenvalue weighted by atomic mass is 9.75. The van der Waals surface area contributed by atoms with Gasteiger partial charge in [-0.25, -0.2) is 4.52 Å². The number of nitrogen functional groups attached to an aromatic ring is 1. The molecule has 7 heteroatoms. The summed E-state index contributed by atoms with van der Waals surface area (Å²) < 4.78 is 1.76. The van der Waals surface area contributed by atoms with Gasteiger partial charge < -0.3 is 22.5 Å². The Kier molecular flexibility index (Phi) is 4.31. The van der Waals surface area contributed by atoms with Crippen molar-refractivity contribution in [1.29, 1.82) is 0 Å². The van der Waals surface area contributed by atoms with Gasteiger partial charge in [-0.3, -0.25) is 4.79 Å². The van der Waals surface area contributed by atoms with Crippen LogP contribution in [0.25, 0.3) is 16.6 Å². The van der Waals surface area contributed by atoms with E-state index in [1.807, 2.05) is 36.5 Å². The molecule has 7 nitrogen and oxygen atoms in total. The number of aromatic nitrogens is 2. The number of nitrogens with two attached hydrogens (primary N) is 3. The maximum atomic E-state index is 12.1. The molecule has 1 aliphatic carbocycles. The molecular weight excluding hydrogens is 364 g/mol. The third-order valence-corrected chi connectivity index (χ3v) is 6.74. The van der Waals surface area contributed by atoms with Gasteiger partial charge in [-0.15, -0.1) is 0 Å². The molecule has 2 heterocycles. The Bertz CT molecular complexity index is 1100. The summed E-state index contributed by atoms with van der Waals surface area (Å²) in [5.41, 5.74) is 22.2. The van der Waals surface area contributed by atoms with E-state index in [9.17, 15) is 4.79 Å². The first-order valence-corrected chi connectivity index (χ1v) is 9.83. The number of nitrogens with one attached hydrogen (secondary N) is 1. The minimum atomic E-state index is -0.513. The van der Waals surface area contributed by atoms with E-state index in [4.69, 9.17) is 17.2 Å². The number of carbonyl (C=O) groups is 1. The van der Waals surface area contributed by atoms with Gasteiger partial charge in [0.1, 0.15) is 0 Å². The average Bonchev–Trinajstić information content (AvgIpc) is 3.16. The fraction of sp³-hybridized carbons (Fsp3) is 0.364. The fourth-order valence-electron chi connectivity index (χ4n) is 4.22. The highest BCUT2D eigenvalue weighted by atomic mass is 16.1. The molecule has 0 spiro atoms. The Morgan fingerprint density at radius 3 is 2.62 bits per heavy atom. The van der Waals surface area contributed by atoms with Crippen LogP contribution in [0.5, 0.6) is 0 Å². The molecule has 1 aromatic carbocycles. The van der Waals surface area contributed by atoms with E-state index in [1.165, 1.54) is 6.20 Å². The maximum Gasteiger partial charge on any atom is 0.252 e. The number of carbonyl (C=O) groups excluding carboxylic acids is 1. The summed E-state index contributed by atoms with van der Waals surface area (Å²) in [6, 6.07) is 9.77. The number of anilines is 2. The molecule has 7 N–H and O–H groups in total. The van der Waals surface area contributed by atoms with Crippen LogP contribution in [0.4, 0.5) is 11.4 Å².